The Morgan fingerprint density at radius 1 is 1.23 bits per heavy atom. The van der Waals surface area contributed by atoms with Crippen molar-refractivity contribution >= 4 is 23.2 Å². The number of carbonyl (C=O) groups is 1. The van der Waals surface area contributed by atoms with Gasteiger partial charge in [0.15, 0.2) is 0 Å². The van der Waals surface area contributed by atoms with E-state index < -0.39 is 0 Å². The average molecular weight is 425 g/mol. The van der Waals surface area contributed by atoms with Gasteiger partial charge in [-0.3, -0.25) is 9.69 Å². The molecule has 1 aromatic heterocycles. The predicted molar refractivity (Wildman–Crippen MR) is 117 cm³/mol. The first-order valence-corrected chi connectivity index (χ1v) is 10.6. The molecule has 1 N–H and O–H groups in total. The van der Waals surface area contributed by atoms with Crippen LogP contribution in [0.15, 0.2) is 47.0 Å². The Morgan fingerprint density at radius 3 is 2.83 bits per heavy atom. The van der Waals surface area contributed by atoms with Crippen LogP contribution in [0.5, 0.6) is 0 Å². The molecule has 0 aliphatic carbocycles. The monoisotopic (exact) mass is 424 g/mol. The number of nitrogens with one attached hydrogen (secondary N) is 1. The van der Waals surface area contributed by atoms with E-state index in [1.807, 2.05) is 56.3 Å². The number of piperidine rings is 1. The molecule has 1 aliphatic heterocycles. The lowest BCUT2D eigenvalue weighted by Gasteiger charge is -2.31. The number of aromatic nitrogens is 2. The summed E-state index contributed by atoms with van der Waals surface area (Å²) < 4.78 is 5.45. The van der Waals surface area contributed by atoms with Gasteiger partial charge in [-0.05, 0) is 50.9 Å². The van der Waals surface area contributed by atoms with Gasteiger partial charge in [-0.15, -0.1) is 0 Å². The Bertz CT molecular complexity index is 1030. The number of benzene rings is 2. The number of nitrogens with zero attached hydrogens (tertiary/aromatic N) is 3. The molecule has 4 rings (SSSR count). The summed E-state index contributed by atoms with van der Waals surface area (Å²) in [6, 6.07) is 13.6. The van der Waals surface area contributed by atoms with Crippen LogP contribution in [-0.2, 0) is 11.3 Å². The van der Waals surface area contributed by atoms with Crippen molar-refractivity contribution in [3.05, 3.63) is 64.5 Å². The van der Waals surface area contributed by atoms with Crippen molar-refractivity contribution in [3.8, 4) is 11.4 Å². The molecule has 1 aliphatic rings. The maximum Gasteiger partial charge on any atom is 0.241 e. The Hall–Kier alpha value is -2.70. The Morgan fingerprint density at radius 2 is 2.03 bits per heavy atom. The number of hydrogen-bond acceptors (Lipinski definition) is 5. The minimum absolute atomic E-state index is 0.0240. The number of carbonyl (C=O) groups excluding carboxylic acids is 1. The Balaban J connectivity index is 1.38. The second kappa shape index (κ2) is 8.98. The number of hydrogen-bond donors (Lipinski definition) is 1. The summed E-state index contributed by atoms with van der Waals surface area (Å²) in [7, 11) is 0. The molecule has 1 atom stereocenters. The third kappa shape index (κ3) is 4.71. The summed E-state index contributed by atoms with van der Waals surface area (Å²) in [6.07, 6.45) is 1.81. The van der Waals surface area contributed by atoms with Crippen LogP contribution in [0.25, 0.3) is 11.4 Å². The van der Waals surface area contributed by atoms with Crippen LogP contribution in [-0.4, -0.2) is 34.0 Å². The average Bonchev–Trinajstić information content (AvgIpc) is 3.20. The molecule has 0 bridgehead atoms. The molecule has 1 fully saturated rings. The predicted octanol–water partition coefficient (Wildman–Crippen LogP) is 4.86. The molecule has 7 heteroatoms. The van der Waals surface area contributed by atoms with E-state index in [0.717, 1.165) is 36.2 Å². The largest absolute Gasteiger partial charge is 0.338 e. The minimum atomic E-state index is -0.0865. The summed E-state index contributed by atoms with van der Waals surface area (Å²) in [5, 5.41) is 7.79. The minimum Gasteiger partial charge on any atom is -0.338 e. The van der Waals surface area contributed by atoms with Gasteiger partial charge in [0, 0.05) is 22.8 Å². The van der Waals surface area contributed by atoms with Crippen molar-refractivity contribution in [2.24, 2.45) is 5.92 Å². The fraction of sp³-hybridized carbons (Fsp3) is 0.348. The van der Waals surface area contributed by atoms with E-state index in [9.17, 15) is 4.79 Å². The van der Waals surface area contributed by atoms with Crippen molar-refractivity contribution in [2.45, 2.75) is 33.2 Å². The maximum absolute atomic E-state index is 12.8. The van der Waals surface area contributed by atoms with E-state index >= 15 is 0 Å². The second-order valence-electron chi connectivity index (χ2n) is 7.85. The summed E-state index contributed by atoms with van der Waals surface area (Å²) in [5.74, 6) is 1.10. The summed E-state index contributed by atoms with van der Waals surface area (Å²) in [5.41, 5.74) is 3.77. The van der Waals surface area contributed by atoms with Gasteiger partial charge in [-0.25, -0.2) is 0 Å². The molecule has 1 saturated heterocycles. The maximum atomic E-state index is 12.8. The third-order valence-electron chi connectivity index (χ3n) is 5.54. The first-order valence-electron chi connectivity index (χ1n) is 10.2. The number of rotatable bonds is 5. The van der Waals surface area contributed by atoms with Gasteiger partial charge >= 0.3 is 0 Å². The Kier molecular flexibility index (Phi) is 6.16. The van der Waals surface area contributed by atoms with E-state index in [1.165, 1.54) is 5.56 Å². The Labute approximate surface area is 181 Å². The molecule has 0 spiro atoms. The summed E-state index contributed by atoms with van der Waals surface area (Å²) >= 11 is 6.17. The fourth-order valence-electron chi connectivity index (χ4n) is 3.72. The molecule has 0 saturated carbocycles. The number of likely N-dealkylation sites (tertiary alicyclic amines) is 1. The summed E-state index contributed by atoms with van der Waals surface area (Å²) in [6.45, 7) is 6.06. The van der Waals surface area contributed by atoms with E-state index in [1.54, 1.807) is 0 Å². The molecule has 1 unspecified atom stereocenters. The van der Waals surface area contributed by atoms with Crippen molar-refractivity contribution in [1.29, 1.82) is 0 Å². The van der Waals surface area contributed by atoms with E-state index in [4.69, 9.17) is 16.1 Å². The first kappa shape index (κ1) is 20.6. The summed E-state index contributed by atoms with van der Waals surface area (Å²) in [4.78, 5) is 19.5. The van der Waals surface area contributed by atoms with Crippen LogP contribution in [0.3, 0.4) is 0 Å². The zero-order valence-electron chi connectivity index (χ0n) is 17.2. The quantitative estimate of drug-likeness (QED) is 0.633. The van der Waals surface area contributed by atoms with Crippen LogP contribution in [0.2, 0.25) is 5.02 Å². The van der Waals surface area contributed by atoms with Gasteiger partial charge in [-0.1, -0.05) is 52.7 Å². The van der Waals surface area contributed by atoms with Gasteiger partial charge in [0.25, 0.3) is 0 Å². The molecule has 3 aromatic rings. The van der Waals surface area contributed by atoms with Crippen LogP contribution in [0.1, 0.15) is 29.9 Å². The highest BCUT2D eigenvalue weighted by molar-refractivity contribution is 6.31. The molecule has 30 heavy (non-hydrogen) atoms. The molecule has 0 radical (unpaired) electrons. The zero-order chi connectivity index (χ0) is 21.1. The SMILES string of the molecule is Cc1ccc(-c2noc(CN3CCCC(C(=O)Nc4cccc(Cl)c4C)C3)n2)cc1. The van der Waals surface area contributed by atoms with E-state index in [-0.39, 0.29) is 11.8 Å². The highest BCUT2D eigenvalue weighted by Gasteiger charge is 2.27. The normalized spacial score (nSPS) is 17.1. The van der Waals surface area contributed by atoms with Crippen LogP contribution < -0.4 is 5.32 Å². The lowest BCUT2D eigenvalue weighted by molar-refractivity contribution is -0.121. The van der Waals surface area contributed by atoms with E-state index in [2.05, 4.69) is 20.4 Å². The molecule has 156 valence electrons. The lowest BCUT2D eigenvalue weighted by Crippen LogP contribution is -2.40. The van der Waals surface area contributed by atoms with Crippen LogP contribution in [0.4, 0.5) is 5.69 Å². The zero-order valence-corrected chi connectivity index (χ0v) is 17.9. The smallest absolute Gasteiger partial charge is 0.241 e. The van der Waals surface area contributed by atoms with E-state index in [0.29, 0.717) is 29.8 Å². The van der Waals surface area contributed by atoms with Crippen molar-refractivity contribution in [2.75, 3.05) is 18.4 Å². The standard InChI is InChI=1S/C23H25ClN4O2/c1-15-8-10-17(11-9-15)22-26-21(30-27-22)14-28-12-4-5-18(13-28)23(29)25-20-7-3-6-19(24)16(20)2/h3,6-11,18H,4-5,12-14H2,1-2H3,(H,25,29). The topological polar surface area (TPSA) is 71.3 Å². The van der Waals surface area contributed by atoms with Crippen molar-refractivity contribution in [1.82, 2.24) is 15.0 Å². The molecule has 1 amide bonds. The van der Waals surface area contributed by atoms with Crippen LogP contribution in [0, 0.1) is 19.8 Å². The third-order valence-corrected chi connectivity index (χ3v) is 5.95. The number of anilines is 1. The lowest BCUT2D eigenvalue weighted by atomic mass is 9.97. The number of halogens is 1. The highest BCUT2D eigenvalue weighted by Crippen LogP contribution is 2.25. The second-order valence-corrected chi connectivity index (χ2v) is 8.26. The molecule has 2 aromatic carbocycles. The van der Waals surface area contributed by atoms with Crippen LogP contribution >= 0.6 is 11.6 Å². The fourth-order valence-corrected chi connectivity index (χ4v) is 3.90. The first-order chi connectivity index (χ1) is 14.5. The molecule has 6 nitrogen and oxygen atoms in total. The highest BCUT2D eigenvalue weighted by atomic mass is 35.5. The van der Waals surface area contributed by atoms with Gasteiger partial charge < -0.3 is 9.84 Å². The molecule has 2 heterocycles. The van der Waals surface area contributed by atoms with Crippen molar-refractivity contribution in [3.63, 3.8) is 0 Å². The number of aryl methyl sites for hydroxylation is 1. The molecular formula is C23H25ClN4O2. The number of amides is 1. The van der Waals surface area contributed by atoms with Gasteiger partial charge in [-0.2, -0.15) is 4.98 Å². The van der Waals surface area contributed by atoms with Gasteiger partial charge in [0.1, 0.15) is 0 Å². The molecular weight excluding hydrogens is 400 g/mol. The van der Waals surface area contributed by atoms with Crippen molar-refractivity contribution < 1.29 is 9.32 Å². The van der Waals surface area contributed by atoms with Gasteiger partial charge in [0.05, 0.1) is 12.5 Å². The van der Waals surface area contributed by atoms with Gasteiger partial charge in [0.2, 0.25) is 17.6 Å².